The maximum atomic E-state index is 12.7. The van der Waals surface area contributed by atoms with Gasteiger partial charge >= 0.3 is 0 Å². The van der Waals surface area contributed by atoms with Crippen molar-refractivity contribution in [3.63, 3.8) is 0 Å². The van der Waals surface area contributed by atoms with E-state index in [1.165, 1.54) is 11.8 Å². The number of aromatic nitrogens is 2. The second-order valence-corrected chi connectivity index (χ2v) is 7.10. The fourth-order valence-electron chi connectivity index (χ4n) is 2.67. The first kappa shape index (κ1) is 19.8. The van der Waals surface area contributed by atoms with Crippen molar-refractivity contribution in [1.82, 2.24) is 9.66 Å². The lowest BCUT2D eigenvalue weighted by Crippen LogP contribution is -2.13. The molecule has 146 valence electrons. The number of anilines is 1. The van der Waals surface area contributed by atoms with Gasteiger partial charge in [0.1, 0.15) is 0 Å². The summed E-state index contributed by atoms with van der Waals surface area (Å²) in [5.74, 6) is 1.40. The number of para-hydroxylation sites is 1. The summed E-state index contributed by atoms with van der Waals surface area (Å²) >= 11 is 1.40. The van der Waals surface area contributed by atoms with Crippen LogP contribution in [0.3, 0.4) is 0 Å². The lowest BCUT2D eigenvalue weighted by Gasteiger charge is -2.13. The van der Waals surface area contributed by atoms with E-state index >= 15 is 0 Å². The number of ketones is 1. The molecule has 0 saturated carbocycles. The first-order chi connectivity index (χ1) is 13.5. The summed E-state index contributed by atoms with van der Waals surface area (Å²) in [4.78, 5) is 17.3. The molecule has 0 amide bonds. The Balaban J connectivity index is 1.76. The molecule has 3 aromatic rings. The number of nitrogens with one attached hydrogen (secondary N) is 1. The summed E-state index contributed by atoms with van der Waals surface area (Å²) in [5, 5.41) is 0.743. The molecule has 28 heavy (non-hydrogen) atoms. The van der Waals surface area contributed by atoms with Crippen molar-refractivity contribution < 1.29 is 14.3 Å². The highest BCUT2D eigenvalue weighted by Gasteiger charge is 2.16. The molecule has 1 heterocycles. The monoisotopic (exact) mass is 397 g/mol. The summed E-state index contributed by atoms with van der Waals surface area (Å²) in [7, 11) is 3.12. The second-order valence-electron chi connectivity index (χ2n) is 6.16. The third-order valence-corrected chi connectivity index (χ3v) is 5.30. The summed E-state index contributed by atoms with van der Waals surface area (Å²) < 4.78 is 12.4. The van der Waals surface area contributed by atoms with Gasteiger partial charge in [-0.15, -0.1) is 0 Å². The molecule has 0 aliphatic heterocycles. The normalized spacial score (nSPS) is 10.6. The van der Waals surface area contributed by atoms with E-state index in [-0.39, 0.29) is 11.5 Å². The van der Waals surface area contributed by atoms with E-state index in [0.717, 1.165) is 22.2 Å². The summed E-state index contributed by atoms with van der Waals surface area (Å²) in [6, 6.07) is 15.1. The van der Waals surface area contributed by atoms with E-state index in [1.807, 2.05) is 48.9 Å². The van der Waals surface area contributed by atoms with Gasteiger partial charge in [0, 0.05) is 5.56 Å². The lowest BCUT2D eigenvalue weighted by atomic mass is 10.1. The van der Waals surface area contributed by atoms with Crippen LogP contribution >= 0.6 is 11.8 Å². The van der Waals surface area contributed by atoms with Crippen LogP contribution < -0.4 is 14.9 Å². The van der Waals surface area contributed by atoms with Crippen LogP contribution in [0.25, 0.3) is 0 Å². The quantitative estimate of drug-likeness (QED) is 0.450. The number of aryl methyl sites for hydroxylation is 1. The van der Waals surface area contributed by atoms with Gasteiger partial charge in [-0.05, 0) is 44.2 Å². The molecule has 3 rings (SSSR count). The molecule has 1 aromatic heterocycles. The van der Waals surface area contributed by atoms with Crippen molar-refractivity contribution in [1.29, 1.82) is 0 Å². The molecule has 0 bridgehead atoms. The predicted molar refractivity (Wildman–Crippen MR) is 112 cm³/mol. The molecule has 7 heteroatoms. The van der Waals surface area contributed by atoms with Crippen molar-refractivity contribution in [2.75, 3.05) is 25.4 Å². The number of benzene rings is 2. The largest absolute Gasteiger partial charge is 0.493 e. The average Bonchev–Trinajstić information content (AvgIpc) is 2.99. The minimum Gasteiger partial charge on any atom is -0.493 e. The SMILES string of the molecule is COc1ccc(C(=O)CSc2nc(C)c(C)n2Nc2ccccc2)cc1OC. The van der Waals surface area contributed by atoms with Crippen LogP contribution in [0.15, 0.2) is 53.7 Å². The van der Waals surface area contributed by atoms with Crippen LogP contribution in [0.1, 0.15) is 21.7 Å². The van der Waals surface area contributed by atoms with Gasteiger partial charge in [0.25, 0.3) is 0 Å². The van der Waals surface area contributed by atoms with Crippen LogP contribution in [0, 0.1) is 13.8 Å². The fourth-order valence-corrected chi connectivity index (χ4v) is 3.61. The Morgan fingerprint density at radius 1 is 1.07 bits per heavy atom. The summed E-state index contributed by atoms with van der Waals surface area (Å²) in [6.07, 6.45) is 0. The van der Waals surface area contributed by atoms with E-state index in [4.69, 9.17) is 9.47 Å². The van der Waals surface area contributed by atoms with Gasteiger partial charge in [0.05, 0.1) is 37.0 Å². The number of carbonyl (C=O) groups excluding carboxylic acids is 1. The zero-order valence-corrected chi connectivity index (χ0v) is 17.2. The molecule has 0 aliphatic rings. The van der Waals surface area contributed by atoms with Crippen LogP contribution in [0.4, 0.5) is 5.69 Å². The summed E-state index contributed by atoms with van der Waals surface area (Å²) in [5.41, 5.74) is 6.80. The zero-order valence-electron chi connectivity index (χ0n) is 16.4. The van der Waals surface area contributed by atoms with Gasteiger partial charge in [-0.25, -0.2) is 9.66 Å². The van der Waals surface area contributed by atoms with Crippen LogP contribution in [0.2, 0.25) is 0 Å². The number of rotatable bonds is 8. The van der Waals surface area contributed by atoms with Crippen molar-refractivity contribution in [2.45, 2.75) is 19.0 Å². The van der Waals surface area contributed by atoms with E-state index in [0.29, 0.717) is 17.1 Å². The molecule has 1 N–H and O–H groups in total. The molecule has 0 aliphatic carbocycles. The Morgan fingerprint density at radius 2 is 1.79 bits per heavy atom. The number of hydrogen-bond donors (Lipinski definition) is 1. The number of ether oxygens (including phenoxy) is 2. The van der Waals surface area contributed by atoms with Gasteiger partial charge in [-0.3, -0.25) is 10.2 Å². The topological polar surface area (TPSA) is 65.4 Å². The van der Waals surface area contributed by atoms with Crippen molar-refractivity contribution in [3.05, 3.63) is 65.5 Å². The smallest absolute Gasteiger partial charge is 0.187 e. The summed E-state index contributed by atoms with van der Waals surface area (Å²) in [6.45, 7) is 3.96. The Labute approximate surface area is 168 Å². The number of imidazole rings is 1. The van der Waals surface area contributed by atoms with Crippen molar-refractivity contribution in [2.24, 2.45) is 0 Å². The molecule has 2 aromatic carbocycles. The lowest BCUT2D eigenvalue weighted by molar-refractivity contribution is 0.102. The molecule has 0 radical (unpaired) electrons. The highest BCUT2D eigenvalue weighted by atomic mass is 32.2. The molecule has 6 nitrogen and oxygen atoms in total. The third-order valence-electron chi connectivity index (χ3n) is 4.37. The van der Waals surface area contributed by atoms with Crippen LogP contribution in [0.5, 0.6) is 11.5 Å². The minimum absolute atomic E-state index is 0.00415. The first-order valence-corrected chi connectivity index (χ1v) is 9.78. The number of Topliss-reactive ketones (excluding diaryl/α,β-unsaturated/α-hetero) is 1. The van der Waals surface area contributed by atoms with E-state index in [9.17, 15) is 4.79 Å². The maximum absolute atomic E-state index is 12.7. The Hall–Kier alpha value is -2.93. The Kier molecular flexibility index (Phi) is 6.26. The Bertz CT molecular complexity index is 971. The zero-order chi connectivity index (χ0) is 20.1. The minimum atomic E-state index is -0.00415. The molecular formula is C21H23N3O3S. The third kappa shape index (κ3) is 4.31. The number of methoxy groups -OCH3 is 2. The molecular weight excluding hydrogens is 374 g/mol. The number of hydrogen-bond acceptors (Lipinski definition) is 6. The number of thioether (sulfide) groups is 1. The van der Waals surface area contributed by atoms with E-state index < -0.39 is 0 Å². The number of carbonyl (C=O) groups is 1. The molecule has 0 saturated heterocycles. The first-order valence-electron chi connectivity index (χ1n) is 8.79. The van der Waals surface area contributed by atoms with Gasteiger partial charge in [0.2, 0.25) is 0 Å². The van der Waals surface area contributed by atoms with Gasteiger partial charge in [-0.2, -0.15) is 0 Å². The maximum Gasteiger partial charge on any atom is 0.187 e. The highest BCUT2D eigenvalue weighted by Crippen LogP contribution is 2.29. The standard InChI is InChI=1S/C21H23N3O3S/c1-14-15(2)24(23-17-8-6-5-7-9-17)21(22-14)28-13-18(25)16-10-11-19(26-3)20(12-16)27-4/h5-12,23H,13H2,1-4H3. The fraction of sp³-hybridized carbons (Fsp3) is 0.238. The van der Waals surface area contributed by atoms with Gasteiger partial charge in [0.15, 0.2) is 22.4 Å². The van der Waals surface area contributed by atoms with E-state index in [1.54, 1.807) is 32.4 Å². The van der Waals surface area contributed by atoms with Crippen LogP contribution in [-0.4, -0.2) is 35.4 Å². The molecule has 0 spiro atoms. The molecule has 0 unspecified atom stereocenters. The highest BCUT2D eigenvalue weighted by molar-refractivity contribution is 7.99. The molecule has 0 atom stereocenters. The average molecular weight is 398 g/mol. The van der Waals surface area contributed by atoms with Gasteiger partial charge in [-0.1, -0.05) is 30.0 Å². The van der Waals surface area contributed by atoms with Crippen LogP contribution in [-0.2, 0) is 0 Å². The number of nitrogens with zero attached hydrogens (tertiary/aromatic N) is 2. The van der Waals surface area contributed by atoms with Crippen molar-refractivity contribution in [3.8, 4) is 11.5 Å². The van der Waals surface area contributed by atoms with E-state index in [2.05, 4.69) is 10.4 Å². The predicted octanol–water partition coefficient (Wildman–Crippen LogP) is 4.37. The molecule has 0 fully saturated rings. The van der Waals surface area contributed by atoms with Crippen molar-refractivity contribution >= 4 is 23.2 Å². The van der Waals surface area contributed by atoms with Gasteiger partial charge < -0.3 is 9.47 Å². The second kappa shape index (κ2) is 8.84. The Morgan fingerprint density at radius 3 is 2.46 bits per heavy atom.